The van der Waals surface area contributed by atoms with Crippen LogP contribution < -0.4 is 15.4 Å². The number of carbonyl (C=O) groups is 1. The fourth-order valence-corrected chi connectivity index (χ4v) is 3.42. The number of benzene rings is 1. The fraction of sp³-hybridized carbons (Fsp3) is 0.533. The average molecular weight is 310 g/mol. The van der Waals surface area contributed by atoms with Gasteiger partial charge in [-0.15, -0.1) is 0 Å². The molecule has 0 radical (unpaired) electrons. The molecule has 0 aliphatic carbocycles. The third-order valence-corrected chi connectivity index (χ3v) is 4.50. The molecule has 2 atom stereocenters. The molecule has 6 heteroatoms. The first-order chi connectivity index (χ1) is 10.2. The summed E-state index contributed by atoms with van der Waals surface area (Å²) in [4.78, 5) is 14.4. The lowest BCUT2D eigenvalue weighted by Gasteiger charge is -2.17. The lowest BCUT2D eigenvalue weighted by atomic mass is 10.0. The number of ether oxygens (including phenoxy) is 1. The molecule has 2 saturated heterocycles. The van der Waals surface area contributed by atoms with Gasteiger partial charge in [0.1, 0.15) is 5.75 Å². The van der Waals surface area contributed by atoms with E-state index in [1.54, 1.807) is 25.3 Å². The van der Waals surface area contributed by atoms with E-state index in [1.165, 1.54) is 0 Å². The molecule has 114 valence electrons. The van der Waals surface area contributed by atoms with Crippen molar-refractivity contribution in [1.29, 1.82) is 0 Å². The number of nitrogens with zero attached hydrogens (tertiary/aromatic N) is 1. The SMILES string of the molecule is COc1ccc(Cl)cc1NC(=O)CN1CC2CNCC2C1. The van der Waals surface area contributed by atoms with Crippen molar-refractivity contribution in [2.24, 2.45) is 11.8 Å². The van der Waals surface area contributed by atoms with Crippen molar-refractivity contribution in [2.45, 2.75) is 0 Å². The molecule has 0 bridgehead atoms. The average Bonchev–Trinajstić information content (AvgIpc) is 2.99. The Kier molecular flexibility index (Phi) is 4.33. The maximum atomic E-state index is 12.2. The van der Waals surface area contributed by atoms with Crippen molar-refractivity contribution in [3.05, 3.63) is 23.2 Å². The van der Waals surface area contributed by atoms with E-state index in [0.717, 1.165) is 26.2 Å². The fourth-order valence-electron chi connectivity index (χ4n) is 3.25. The van der Waals surface area contributed by atoms with Gasteiger partial charge in [-0.3, -0.25) is 9.69 Å². The molecule has 0 saturated carbocycles. The van der Waals surface area contributed by atoms with E-state index in [2.05, 4.69) is 15.5 Å². The Morgan fingerprint density at radius 1 is 1.43 bits per heavy atom. The number of halogens is 1. The number of rotatable bonds is 4. The molecule has 2 aliphatic heterocycles. The van der Waals surface area contributed by atoms with Crippen LogP contribution in [-0.4, -0.2) is 50.6 Å². The smallest absolute Gasteiger partial charge is 0.238 e. The molecule has 21 heavy (non-hydrogen) atoms. The second-order valence-corrected chi connectivity index (χ2v) is 6.20. The molecule has 2 N–H and O–H groups in total. The van der Waals surface area contributed by atoms with Crippen molar-refractivity contribution < 1.29 is 9.53 Å². The van der Waals surface area contributed by atoms with Crippen LogP contribution in [0.5, 0.6) is 5.75 Å². The first kappa shape index (κ1) is 14.6. The van der Waals surface area contributed by atoms with Gasteiger partial charge in [0.25, 0.3) is 0 Å². The molecule has 2 aliphatic rings. The number of likely N-dealkylation sites (tertiary alicyclic amines) is 1. The number of carbonyl (C=O) groups excluding carboxylic acids is 1. The van der Waals surface area contributed by atoms with Gasteiger partial charge in [0.2, 0.25) is 5.91 Å². The molecule has 3 rings (SSSR count). The summed E-state index contributed by atoms with van der Waals surface area (Å²) in [6, 6.07) is 5.20. The van der Waals surface area contributed by atoms with Crippen molar-refractivity contribution in [3.8, 4) is 5.75 Å². The van der Waals surface area contributed by atoms with Crippen LogP contribution >= 0.6 is 11.6 Å². The summed E-state index contributed by atoms with van der Waals surface area (Å²) < 4.78 is 5.24. The van der Waals surface area contributed by atoms with Gasteiger partial charge in [-0.2, -0.15) is 0 Å². The van der Waals surface area contributed by atoms with Crippen LogP contribution in [0.1, 0.15) is 0 Å². The maximum absolute atomic E-state index is 12.2. The third-order valence-electron chi connectivity index (χ3n) is 4.27. The summed E-state index contributed by atoms with van der Waals surface area (Å²) >= 11 is 5.97. The van der Waals surface area contributed by atoms with E-state index in [1.807, 2.05) is 0 Å². The van der Waals surface area contributed by atoms with Crippen LogP contribution in [0.4, 0.5) is 5.69 Å². The zero-order valence-corrected chi connectivity index (χ0v) is 12.8. The van der Waals surface area contributed by atoms with E-state index in [0.29, 0.717) is 34.8 Å². The van der Waals surface area contributed by atoms with Crippen LogP contribution in [0, 0.1) is 11.8 Å². The van der Waals surface area contributed by atoms with Gasteiger partial charge < -0.3 is 15.4 Å². The molecule has 2 unspecified atom stereocenters. The largest absolute Gasteiger partial charge is 0.495 e. The third kappa shape index (κ3) is 3.31. The molecular weight excluding hydrogens is 290 g/mol. The summed E-state index contributed by atoms with van der Waals surface area (Å²) in [5, 5.41) is 6.87. The first-order valence-corrected chi connectivity index (χ1v) is 7.60. The van der Waals surface area contributed by atoms with Crippen molar-refractivity contribution >= 4 is 23.2 Å². The minimum absolute atomic E-state index is 0.0245. The Morgan fingerprint density at radius 3 is 2.81 bits per heavy atom. The quantitative estimate of drug-likeness (QED) is 0.884. The molecule has 5 nitrogen and oxygen atoms in total. The highest BCUT2D eigenvalue weighted by molar-refractivity contribution is 6.31. The second-order valence-electron chi connectivity index (χ2n) is 5.77. The van der Waals surface area contributed by atoms with Crippen LogP contribution in [0.3, 0.4) is 0 Å². The Bertz CT molecular complexity index is 526. The van der Waals surface area contributed by atoms with E-state index in [9.17, 15) is 4.79 Å². The molecule has 1 amide bonds. The zero-order chi connectivity index (χ0) is 14.8. The van der Waals surface area contributed by atoms with E-state index >= 15 is 0 Å². The van der Waals surface area contributed by atoms with Crippen molar-refractivity contribution in [2.75, 3.05) is 45.2 Å². The predicted octanol–water partition coefficient (Wildman–Crippen LogP) is 1.44. The first-order valence-electron chi connectivity index (χ1n) is 7.22. The van der Waals surface area contributed by atoms with Gasteiger partial charge >= 0.3 is 0 Å². The van der Waals surface area contributed by atoms with E-state index in [4.69, 9.17) is 16.3 Å². The minimum atomic E-state index is -0.0245. The number of methoxy groups -OCH3 is 1. The maximum Gasteiger partial charge on any atom is 0.238 e. The van der Waals surface area contributed by atoms with Gasteiger partial charge in [0.05, 0.1) is 19.3 Å². The van der Waals surface area contributed by atoms with Gasteiger partial charge in [0.15, 0.2) is 0 Å². The van der Waals surface area contributed by atoms with Crippen LogP contribution in [0.15, 0.2) is 18.2 Å². The monoisotopic (exact) mass is 309 g/mol. The van der Waals surface area contributed by atoms with Gasteiger partial charge in [-0.25, -0.2) is 0 Å². The Balaban J connectivity index is 1.58. The Morgan fingerprint density at radius 2 is 2.14 bits per heavy atom. The standard InChI is InChI=1S/C15H20ClN3O2/c1-21-14-3-2-12(16)4-13(14)18-15(20)9-19-7-10-5-17-6-11(10)8-19/h2-4,10-11,17H,5-9H2,1H3,(H,18,20). The number of hydrogen-bond acceptors (Lipinski definition) is 4. The summed E-state index contributed by atoms with van der Waals surface area (Å²) in [6.45, 7) is 4.56. The van der Waals surface area contributed by atoms with Gasteiger partial charge in [0, 0.05) is 18.1 Å². The highest BCUT2D eigenvalue weighted by Gasteiger charge is 2.36. The minimum Gasteiger partial charge on any atom is -0.495 e. The number of nitrogens with one attached hydrogen (secondary N) is 2. The Hall–Kier alpha value is -1.30. The molecule has 0 aromatic heterocycles. The zero-order valence-electron chi connectivity index (χ0n) is 12.1. The number of amides is 1. The highest BCUT2D eigenvalue weighted by atomic mass is 35.5. The molecule has 1 aromatic rings. The van der Waals surface area contributed by atoms with Gasteiger partial charge in [-0.05, 0) is 43.1 Å². The van der Waals surface area contributed by atoms with Crippen LogP contribution in [0.25, 0.3) is 0 Å². The topological polar surface area (TPSA) is 53.6 Å². The Labute approximate surface area is 129 Å². The predicted molar refractivity (Wildman–Crippen MR) is 82.9 cm³/mol. The normalized spacial score (nSPS) is 24.9. The van der Waals surface area contributed by atoms with E-state index < -0.39 is 0 Å². The summed E-state index contributed by atoms with van der Waals surface area (Å²) in [6.07, 6.45) is 0. The van der Waals surface area contributed by atoms with Crippen molar-refractivity contribution in [1.82, 2.24) is 10.2 Å². The lowest BCUT2D eigenvalue weighted by molar-refractivity contribution is -0.117. The lowest BCUT2D eigenvalue weighted by Crippen LogP contribution is -2.33. The number of anilines is 1. The van der Waals surface area contributed by atoms with Crippen LogP contribution in [0.2, 0.25) is 5.02 Å². The number of hydrogen-bond donors (Lipinski definition) is 2. The van der Waals surface area contributed by atoms with Crippen molar-refractivity contribution in [3.63, 3.8) is 0 Å². The summed E-state index contributed by atoms with van der Waals surface area (Å²) in [5.74, 6) is 1.98. The van der Waals surface area contributed by atoms with E-state index in [-0.39, 0.29) is 5.91 Å². The summed E-state index contributed by atoms with van der Waals surface area (Å²) in [7, 11) is 1.58. The molecule has 2 fully saturated rings. The highest BCUT2D eigenvalue weighted by Crippen LogP contribution is 2.28. The molecule has 2 heterocycles. The van der Waals surface area contributed by atoms with Crippen LogP contribution in [-0.2, 0) is 4.79 Å². The molecule has 1 aromatic carbocycles. The van der Waals surface area contributed by atoms with Gasteiger partial charge in [-0.1, -0.05) is 11.6 Å². The summed E-state index contributed by atoms with van der Waals surface area (Å²) in [5.41, 5.74) is 0.621. The molecule has 0 spiro atoms. The number of fused-ring (bicyclic) bond motifs is 1. The second kappa shape index (κ2) is 6.22. The molecular formula is C15H20ClN3O2.